The fourth-order valence-electron chi connectivity index (χ4n) is 2.54. The van der Waals surface area contributed by atoms with Crippen molar-refractivity contribution in [2.24, 2.45) is 0 Å². The lowest BCUT2D eigenvalue weighted by atomic mass is 10.1. The number of rotatable bonds is 3. The average molecular weight is 315 g/mol. The molecule has 0 unspecified atom stereocenters. The molecular formula is C18H21NO2S. The van der Waals surface area contributed by atoms with Crippen LogP contribution in [0.25, 0.3) is 10.4 Å². The monoisotopic (exact) mass is 315 g/mol. The first kappa shape index (κ1) is 15.3. The van der Waals surface area contributed by atoms with Gasteiger partial charge in [-0.25, -0.2) is 0 Å². The number of amides is 1. The number of carbonyl (C=O) groups excluding carboxylic acids is 1. The molecule has 0 bridgehead atoms. The lowest BCUT2D eigenvalue weighted by molar-refractivity contribution is 0.0303. The Hall–Kier alpha value is -1.65. The Morgan fingerprint density at radius 3 is 2.36 bits per heavy atom. The van der Waals surface area contributed by atoms with Crippen LogP contribution in [0.4, 0.5) is 0 Å². The Morgan fingerprint density at radius 1 is 1.09 bits per heavy atom. The van der Waals surface area contributed by atoms with Crippen LogP contribution in [0.15, 0.2) is 36.4 Å². The summed E-state index contributed by atoms with van der Waals surface area (Å²) < 4.78 is 5.29. The Bertz CT molecular complexity index is 639. The van der Waals surface area contributed by atoms with Crippen molar-refractivity contribution in [2.45, 2.75) is 19.8 Å². The van der Waals surface area contributed by atoms with Crippen molar-refractivity contribution in [3.8, 4) is 10.4 Å². The number of morpholine rings is 1. The van der Waals surface area contributed by atoms with Gasteiger partial charge in [0.05, 0.1) is 13.2 Å². The van der Waals surface area contributed by atoms with E-state index in [0.717, 1.165) is 5.56 Å². The van der Waals surface area contributed by atoms with Crippen molar-refractivity contribution in [3.63, 3.8) is 0 Å². The van der Waals surface area contributed by atoms with Crippen molar-refractivity contribution >= 4 is 17.2 Å². The molecule has 0 radical (unpaired) electrons. The number of benzene rings is 1. The molecule has 1 aromatic heterocycles. The maximum absolute atomic E-state index is 12.4. The summed E-state index contributed by atoms with van der Waals surface area (Å²) in [5.74, 6) is 0.657. The maximum atomic E-state index is 12.4. The normalized spacial score (nSPS) is 15.3. The van der Waals surface area contributed by atoms with Crippen molar-refractivity contribution in [2.75, 3.05) is 26.3 Å². The van der Waals surface area contributed by atoms with Crippen LogP contribution in [0.5, 0.6) is 0 Å². The number of carbonyl (C=O) groups is 1. The number of ether oxygens (including phenoxy) is 1. The van der Waals surface area contributed by atoms with Gasteiger partial charge in [-0.2, -0.15) is 0 Å². The molecule has 1 aliphatic heterocycles. The number of thiophene rings is 1. The standard InChI is InChI=1S/C18H21NO2S/c1-13(2)16-7-8-17(22-16)14-3-5-15(6-4-14)18(20)19-9-11-21-12-10-19/h3-8,13H,9-12H2,1-2H3. The van der Waals surface area contributed by atoms with Gasteiger partial charge in [-0.1, -0.05) is 26.0 Å². The maximum Gasteiger partial charge on any atom is 0.254 e. The molecule has 0 N–H and O–H groups in total. The summed E-state index contributed by atoms with van der Waals surface area (Å²) in [6.45, 7) is 7.06. The molecule has 1 amide bonds. The second kappa shape index (κ2) is 6.63. The summed E-state index contributed by atoms with van der Waals surface area (Å²) in [4.78, 5) is 16.9. The van der Waals surface area contributed by atoms with E-state index in [4.69, 9.17) is 4.74 Å². The third-order valence-electron chi connectivity index (χ3n) is 3.91. The summed E-state index contributed by atoms with van der Waals surface area (Å²) in [6, 6.07) is 12.3. The van der Waals surface area contributed by atoms with Crippen LogP contribution in [0.1, 0.15) is 35.0 Å². The van der Waals surface area contributed by atoms with E-state index in [1.807, 2.05) is 40.5 Å². The number of hydrogen-bond acceptors (Lipinski definition) is 3. The molecule has 116 valence electrons. The van der Waals surface area contributed by atoms with Gasteiger partial charge in [-0.05, 0) is 35.7 Å². The van der Waals surface area contributed by atoms with Gasteiger partial charge in [0.1, 0.15) is 0 Å². The summed E-state index contributed by atoms with van der Waals surface area (Å²) >= 11 is 1.82. The Kier molecular flexibility index (Phi) is 4.60. The summed E-state index contributed by atoms with van der Waals surface area (Å²) in [7, 11) is 0. The molecule has 3 rings (SSSR count). The second-order valence-corrected chi connectivity index (χ2v) is 6.95. The topological polar surface area (TPSA) is 29.5 Å². The molecule has 2 heterocycles. The Balaban J connectivity index is 1.75. The molecule has 0 spiro atoms. The smallest absolute Gasteiger partial charge is 0.254 e. The van der Waals surface area contributed by atoms with Gasteiger partial charge < -0.3 is 9.64 Å². The van der Waals surface area contributed by atoms with Crippen LogP contribution >= 0.6 is 11.3 Å². The van der Waals surface area contributed by atoms with E-state index in [1.54, 1.807) is 0 Å². The number of hydrogen-bond donors (Lipinski definition) is 0. The van der Waals surface area contributed by atoms with E-state index < -0.39 is 0 Å². The number of nitrogens with zero attached hydrogens (tertiary/aromatic N) is 1. The molecular weight excluding hydrogens is 294 g/mol. The first-order chi connectivity index (χ1) is 10.6. The van der Waals surface area contributed by atoms with Crippen LogP contribution < -0.4 is 0 Å². The van der Waals surface area contributed by atoms with Gasteiger partial charge in [0.25, 0.3) is 5.91 Å². The minimum atomic E-state index is 0.101. The fraction of sp³-hybridized carbons (Fsp3) is 0.389. The molecule has 3 nitrogen and oxygen atoms in total. The highest BCUT2D eigenvalue weighted by atomic mass is 32.1. The molecule has 1 fully saturated rings. The van der Waals surface area contributed by atoms with Gasteiger partial charge in [-0.3, -0.25) is 4.79 Å². The van der Waals surface area contributed by atoms with Gasteiger partial charge in [-0.15, -0.1) is 11.3 Å². The third-order valence-corrected chi connectivity index (χ3v) is 5.35. The van der Waals surface area contributed by atoms with Crippen LogP contribution in [0.2, 0.25) is 0 Å². The van der Waals surface area contributed by atoms with Crippen molar-refractivity contribution in [1.82, 2.24) is 4.90 Å². The molecule has 1 saturated heterocycles. The van der Waals surface area contributed by atoms with E-state index in [9.17, 15) is 4.79 Å². The van der Waals surface area contributed by atoms with Gasteiger partial charge in [0, 0.05) is 28.4 Å². The zero-order chi connectivity index (χ0) is 15.5. The molecule has 2 aromatic rings. The zero-order valence-corrected chi connectivity index (χ0v) is 13.9. The highest BCUT2D eigenvalue weighted by Gasteiger charge is 2.18. The summed E-state index contributed by atoms with van der Waals surface area (Å²) in [5, 5.41) is 0. The van der Waals surface area contributed by atoms with Crippen molar-refractivity contribution in [3.05, 3.63) is 46.8 Å². The Morgan fingerprint density at radius 2 is 1.77 bits per heavy atom. The molecule has 0 saturated carbocycles. The van der Waals surface area contributed by atoms with Gasteiger partial charge >= 0.3 is 0 Å². The van der Waals surface area contributed by atoms with E-state index in [0.29, 0.717) is 32.2 Å². The van der Waals surface area contributed by atoms with Crippen LogP contribution in [0, 0.1) is 0 Å². The van der Waals surface area contributed by atoms with Crippen molar-refractivity contribution in [1.29, 1.82) is 0 Å². The predicted octanol–water partition coefficient (Wildman–Crippen LogP) is 4.01. The SMILES string of the molecule is CC(C)c1ccc(-c2ccc(C(=O)N3CCOCC3)cc2)s1. The minimum Gasteiger partial charge on any atom is -0.378 e. The van der Waals surface area contributed by atoms with E-state index in [2.05, 4.69) is 26.0 Å². The van der Waals surface area contributed by atoms with Crippen LogP contribution in [0.3, 0.4) is 0 Å². The molecule has 22 heavy (non-hydrogen) atoms. The first-order valence-corrected chi connectivity index (χ1v) is 8.54. The molecule has 0 atom stereocenters. The molecule has 4 heteroatoms. The quantitative estimate of drug-likeness (QED) is 0.856. The van der Waals surface area contributed by atoms with E-state index >= 15 is 0 Å². The average Bonchev–Trinajstić information content (AvgIpc) is 3.05. The first-order valence-electron chi connectivity index (χ1n) is 7.72. The minimum absolute atomic E-state index is 0.101. The van der Waals surface area contributed by atoms with Gasteiger partial charge in [0.15, 0.2) is 0 Å². The van der Waals surface area contributed by atoms with E-state index in [-0.39, 0.29) is 5.91 Å². The third kappa shape index (κ3) is 3.23. The lowest BCUT2D eigenvalue weighted by Crippen LogP contribution is -2.40. The Labute approximate surface area is 135 Å². The zero-order valence-electron chi connectivity index (χ0n) is 13.0. The van der Waals surface area contributed by atoms with Crippen LogP contribution in [-0.2, 0) is 4.74 Å². The molecule has 1 aromatic carbocycles. The van der Waals surface area contributed by atoms with Gasteiger partial charge in [0.2, 0.25) is 0 Å². The second-order valence-electron chi connectivity index (χ2n) is 5.84. The lowest BCUT2D eigenvalue weighted by Gasteiger charge is -2.26. The molecule has 1 aliphatic rings. The summed E-state index contributed by atoms with van der Waals surface area (Å²) in [6.07, 6.45) is 0. The highest BCUT2D eigenvalue weighted by Crippen LogP contribution is 2.32. The van der Waals surface area contributed by atoms with Crippen LogP contribution in [-0.4, -0.2) is 37.1 Å². The predicted molar refractivity (Wildman–Crippen MR) is 90.6 cm³/mol. The van der Waals surface area contributed by atoms with E-state index in [1.165, 1.54) is 15.3 Å². The largest absolute Gasteiger partial charge is 0.378 e. The molecule has 0 aliphatic carbocycles. The highest BCUT2D eigenvalue weighted by molar-refractivity contribution is 7.15. The van der Waals surface area contributed by atoms with Crippen molar-refractivity contribution < 1.29 is 9.53 Å². The summed E-state index contributed by atoms with van der Waals surface area (Å²) in [5.41, 5.74) is 1.93. The fourth-order valence-corrected chi connectivity index (χ4v) is 3.56.